The van der Waals surface area contributed by atoms with Crippen LogP contribution in [0, 0.1) is 0 Å². The van der Waals surface area contributed by atoms with Crippen molar-refractivity contribution in [3.63, 3.8) is 0 Å². The fraction of sp³-hybridized carbons (Fsp3) is 0. The van der Waals surface area contributed by atoms with Gasteiger partial charge in [0.2, 0.25) is 0 Å². The van der Waals surface area contributed by atoms with Gasteiger partial charge >= 0.3 is 103 Å². The number of carbonyl (C=O) groups is 2. The molecule has 9 nitrogen and oxygen atoms in total. The molecule has 2 aromatic heterocycles. The molecule has 2 aromatic carbocycles. The molecule has 0 aliphatic rings. The van der Waals surface area contributed by atoms with Crippen molar-refractivity contribution in [2.75, 3.05) is 0 Å². The number of carboxylic acid groups (broad SMARTS) is 2. The van der Waals surface area contributed by atoms with Crippen molar-refractivity contribution in [3.8, 4) is 11.4 Å². The van der Waals surface area contributed by atoms with Crippen LogP contribution in [0.1, 0.15) is 20.7 Å². The summed E-state index contributed by atoms with van der Waals surface area (Å²) < 4.78 is 0. The maximum Gasteiger partial charge on any atom is 1.00 e. The normalized spacial score (nSPS) is 9.16. The Bertz CT molecular complexity index is 1120. The smallest absolute Gasteiger partial charge is 0.545 e. The maximum atomic E-state index is 11.2. The van der Waals surface area contributed by atoms with E-state index in [0.29, 0.717) is 33.2 Å². The molecule has 0 bridgehead atoms. The summed E-state index contributed by atoms with van der Waals surface area (Å²) in [4.78, 5) is 31.3. The molecule has 0 amide bonds. The molecule has 0 saturated carbocycles. The minimum atomic E-state index is -1.26. The van der Waals surface area contributed by atoms with E-state index < -0.39 is 11.9 Å². The molecule has 0 unspecified atom stereocenters. The Morgan fingerprint density at radius 1 is 0.581 bits per heavy atom. The van der Waals surface area contributed by atoms with Crippen molar-refractivity contribution in [2.45, 2.75) is 0 Å². The van der Waals surface area contributed by atoms with Crippen LogP contribution in [-0.2, 0) is 0 Å². The van der Waals surface area contributed by atoms with Gasteiger partial charge in [-0.1, -0.05) is 24.3 Å². The average molecular weight is 475 g/mol. The fourth-order valence-electron chi connectivity index (χ4n) is 2.95. The first-order chi connectivity index (χ1) is 12.5. The van der Waals surface area contributed by atoms with Crippen molar-refractivity contribution in [3.05, 3.63) is 71.8 Å². The van der Waals surface area contributed by atoms with E-state index in [0.717, 1.165) is 0 Å². The molecule has 2 heterocycles. The Morgan fingerprint density at radius 2 is 0.935 bits per heavy atom. The Balaban J connectivity index is 0. The van der Waals surface area contributed by atoms with E-state index in [1.165, 1.54) is 12.1 Å². The third kappa shape index (κ3) is 6.68. The molecule has 0 saturated heterocycles. The minimum Gasteiger partial charge on any atom is -0.545 e. The Morgan fingerprint density at radius 3 is 1.26 bits per heavy atom. The third-order valence-corrected chi connectivity index (χ3v) is 4.17. The van der Waals surface area contributed by atoms with Crippen LogP contribution >= 0.6 is 0 Å². The second-order valence-electron chi connectivity index (χ2n) is 5.71. The van der Waals surface area contributed by atoms with Gasteiger partial charge in [-0.15, -0.1) is 0 Å². The van der Waals surface area contributed by atoms with Gasteiger partial charge in [0, 0.05) is 21.9 Å². The second kappa shape index (κ2) is 13.8. The van der Waals surface area contributed by atoms with E-state index in [2.05, 4.69) is 9.97 Å². The van der Waals surface area contributed by atoms with Gasteiger partial charge in [-0.2, -0.15) is 0 Å². The van der Waals surface area contributed by atoms with Gasteiger partial charge in [0.15, 0.2) is 0 Å². The summed E-state index contributed by atoms with van der Waals surface area (Å²) in [6.45, 7) is 0. The number of hydrogen-bond donors (Lipinski definition) is 0. The standard InChI is InChI=1S/C20H12N2O4.2K.3H2O/c23-19(24)13-3-1-5-15-11(13)7-9-17(21-15)18-10-8-12-14(20(25)26)4-2-6-16(12)22-18;;;;;/h1-10H,(H,23,24)(H,25,26);;;3*1H2/q;2*+1;;;/p-2. The summed E-state index contributed by atoms with van der Waals surface area (Å²) in [7, 11) is 0. The predicted octanol–water partition coefficient (Wildman–Crippen LogP) is -7.29. The van der Waals surface area contributed by atoms with Crippen LogP contribution in [0.2, 0.25) is 0 Å². The molecule has 0 atom stereocenters. The van der Waals surface area contributed by atoms with Crippen molar-refractivity contribution in [2.24, 2.45) is 0 Å². The van der Waals surface area contributed by atoms with E-state index in [9.17, 15) is 19.8 Å². The van der Waals surface area contributed by atoms with E-state index in [-0.39, 0.29) is 130 Å². The monoisotopic (exact) mass is 474 g/mol. The summed E-state index contributed by atoms with van der Waals surface area (Å²) in [6, 6.07) is 16.2. The van der Waals surface area contributed by atoms with Gasteiger partial charge < -0.3 is 36.2 Å². The topological polar surface area (TPSA) is 201 Å². The molecule has 31 heavy (non-hydrogen) atoms. The molecule has 0 aliphatic heterocycles. The molecule has 6 N–H and O–H groups in total. The van der Waals surface area contributed by atoms with Crippen molar-refractivity contribution in [1.29, 1.82) is 0 Å². The van der Waals surface area contributed by atoms with E-state index in [1.54, 1.807) is 48.5 Å². The third-order valence-electron chi connectivity index (χ3n) is 4.17. The number of aromatic nitrogens is 2. The number of fused-ring (bicyclic) bond motifs is 2. The zero-order valence-corrected chi connectivity index (χ0v) is 23.0. The van der Waals surface area contributed by atoms with Gasteiger partial charge in [-0.05, 0) is 36.4 Å². The molecule has 0 radical (unpaired) electrons. The number of nitrogens with zero attached hydrogens (tertiary/aromatic N) is 2. The number of rotatable bonds is 3. The van der Waals surface area contributed by atoms with Gasteiger partial charge in [0.1, 0.15) is 0 Å². The first-order valence-corrected chi connectivity index (χ1v) is 7.77. The van der Waals surface area contributed by atoms with E-state index in [4.69, 9.17) is 0 Å². The number of carboxylic acids is 2. The molecule has 0 fully saturated rings. The second-order valence-corrected chi connectivity index (χ2v) is 5.71. The summed E-state index contributed by atoms with van der Waals surface area (Å²) >= 11 is 0. The molecule has 4 aromatic rings. The van der Waals surface area contributed by atoms with E-state index in [1.807, 2.05) is 0 Å². The van der Waals surface area contributed by atoms with Crippen LogP contribution in [0.4, 0.5) is 0 Å². The van der Waals surface area contributed by atoms with Crippen LogP contribution in [0.15, 0.2) is 60.7 Å². The van der Waals surface area contributed by atoms with Crippen LogP contribution < -0.4 is 113 Å². The molecular weight excluding hydrogens is 458 g/mol. The molecule has 4 rings (SSSR count). The molecule has 0 spiro atoms. The zero-order chi connectivity index (χ0) is 18.3. The molecule has 11 heteroatoms. The number of hydrogen-bond acceptors (Lipinski definition) is 6. The number of aromatic carboxylic acids is 2. The minimum absolute atomic E-state index is 0. The number of carbonyl (C=O) groups excluding carboxylic acids is 2. The quantitative estimate of drug-likeness (QED) is 0.264. The average Bonchev–Trinajstić information content (AvgIpc) is 2.65. The van der Waals surface area contributed by atoms with Crippen LogP contribution in [0.25, 0.3) is 33.2 Å². The maximum absolute atomic E-state index is 11.2. The van der Waals surface area contributed by atoms with Crippen LogP contribution in [0.5, 0.6) is 0 Å². The number of benzene rings is 2. The van der Waals surface area contributed by atoms with Gasteiger partial charge in [-0.3, -0.25) is 0 Å². The van der Waals surface area contributed by atoms with Crippen molar-refractivity contribution >= 4 is 33.7 Å². The summed E-state index contributed by atoms with van der Waals surface area (Å²) in [5.74, 6) is -2.52. The van der Waals surface area contributed by atoms with Gasteiger partial charge in [0.05, 0.1) is 34.4 Å². The molecule has 0 aliphatic carbocycles. The van der Waals surface area contributed by atoms with Crippen molar-refractivity contribution < 1.29 is 139 Å². The molecular formula is C20H16K2N2O7. The first kappa shape index (κ1) is 32.5. The summed E-state index contributed by atoms with van der Waals surface area (Å²) in [5, 5.41) is 23.4. The first-order valence-electron chi connectivity index (χ1n) is 7.77. The van der Waals surface area contributed by atoms with Crippen molar-refractivity contribution in [1.82, 2.24) is 9.97 Å². The Kier molecular flexibility index (Phi) is 14.5. The number of pyridine rings is 2. The van der Waals surface area contributed by atoms with E-state index >= 15 is 0 Å². The molecule has 150 valence electrons. The Hall–Kier alpha value is -0.647. The summed E-state index contributed by atoms with van der Waals surface area (Å²) in [6.07, 6.45) is 0. The van der Waals surface area contributed by atoms with Gasteiger partial charge in [0.25, 0.3) is 0 Å². The zero-order valence-electron chi connectivity index (χ0n) is 16.8. The summed E-state index contributed by atoms with van der Waals surface area (Å²) in [5.41, 5.74) is 2.27. The van der Waals surface area contributed by atoms with Crippen LogP contribution in [0.3, 0.4) is 0 Å². The van der Waals surface area contributed by atoms with Crippen LogP contribution in [-0.4, -0.2) is 38.3 Å². The van der Waals surface area contributed by atoms with Gasteiger partial charge in [-0.25, -0.2) is 9.97 Å². The largest absolute Gasteiger partial charge is 1.00 e. The predicted molar refractivity (Wildman–Crippen MR) is 102 cm³/mol. The fourth-order valence-corrected chi connectivity index (χ4v) is 2.95. The Labute approximate surface area is 261 Å². The SMILES string of the molecule is O.O.O.O=C([O-])c1cccc2nc(-c3ccc4c(C(=O)[O-])cccc4n3)ccc12.[K+].[K+].